The first kappa shape index (κ1) is 17.8. The van der Waals surface area contributed by atoms with E-state index in [1.807, 2.05) is 6.26 Å². The van der Waals surface area contributed by atoms with E-state index in [0.29, 0.717) is 18.8 Å². The zero-order valence-corrected chi connectivity index (χ0v) is 15.7. The standard InChI is InChI=1S/C19H28N2O2S/c1-14-11-21(12-15(2)23-14)13-17-6-4-16(5-7-17)10-20-18(22)19(24-3)8-9-19/h4-7,14-15H,8-13H2,1-3H3,(H,20,22)/t14-,15-/m1/s1. The van der Waals surface area contributed by atoms with Crippen molar-refractivity contribution in [2.24, 2.45) is 0 Å². The molecule has 2 fully saturated rings. The number of hydrogen-bond acceptors (Lipinski definition) is 4. The number of nitrogens with one attached hydrogen (secondary N) is 1. The molecule has 2 aliphatic rings. The topological polar surface area (TPSA) is 41.6 Å². The highest BCUT2D eigenvalue weighted by molar-refractivity contribution is 8.01. The summed E-state index contributed by atoms with van der Waals surface area (Å²) in [7, 11) is 0. The summed E-state index contributed by atoms with van der Waals surface area (Å²) in [5.74, 6) is 0.190. The zero-order valence-electron chi connectivity index (χ0n) is 14.9. The second-order valence-corrected chi connectivity index (χ2v) is 8.34. The highest BCUT2D eigenvalue weighted by Gasteiger charge is 2.49. The zero-order chi connectivity index (χ0) is 17.2. The largest absolute Gasteiger partial charge is 0.373 e. The molecule has 0 spiro atoms. The molecule has 0 aromatic heterocycles. The van der Waals surface area contributed by atoms with Crippen LogP contribution in [0.1, 0.15) is 37.8 Å². The van der Waals surface area contributed by atoms with Crippen molar-refractivity contribution >= 4 is 17.7 Å². The van der Waals surface area contributed by atoms with Gasteiger partial charge in [-0.15, -0.1) is 11.8 Å². The van der Waals surface area contributed by atoms with Gasteiger partial charge in [-0.25, -0.2) is 0 Å². The maximum Gasteiger partial charge on any atom is 0.236 e. The lowest BCUT2D eigenvalue weighted by Crippen LogP contribution is -2.44. The number of carbonyl (C=O) groups excluding carboxylic acids is 1. The Kier molecular flexibility index (Phi) is 5.52. The van der Waals surface area contributed by atoms with Crippen LogP contribution in [0.4, 0.5) is 0 Å². The molecule has 0 radical (unpaired) electrons. The van der Waals surface area contributed by atoms with Crippen LogP contribution in [0, 0.1) is 0 Å². The van der Waals surface area contributed by atoms with Crippen LogP contribution in [0.15, 0.2) is 24.3 Å². The van der Waals surface area contributed by atoms with Gasteiger partial charge >= 0.3 is 0 Å². The van der Waals surface area contributed by atoms with Crippen molar-refractivity contribution in [3.63, 3.8) is 0 Å². The summed E-state index contributed by atoms with van der Waals surface area (Å²) in [6.07, 6.45) is 4.64. The van der Waals surface area contributed by atoms with Gasteiger partial charge < -0.3 is 10.1 Å². The highest BCUT2D eigenvalue weighted by Crippen LogP contribution is 2.47. The molecule has 5 heteroatoms. The minimum absolute atomic E-state index is 0.135. The van der Waals surface area contributed by atoms with Crippen LogP contribution < -0.4 is 5.32 Å². The van der Waals surface area contributed by atoms with Crippen LogP contribution in [0.25, 0.3) is 0 Å². The predicted molar refractivity (Wildman–Crippen MR) is 99.1 cm³/mol. The van der Waals surface area contributed by atoms with Gasteiger partial charge in [0.1, 0.15) is 0 Å². The van der Waals surface area contributed by atoms with Gasteiger partial charge in [0.15, 0.2) is 0 Å². The summed E-state index contributed by atoms with van der Waals surface area (Å²) < 4.78 is 5.65. The molecule has 1 N–H and O–H groups in total. The molecular formula is C19H28N2O2S. The number of hydrogen-bond donors (Lipinski definition) is 1. The van der Waals surface area contributed by atoms with E-state index in [9.17, 15) is 4.79 Å². The Morgan fingerprint density at radius 2 is 1.79 bits per heavy atom. The number of carbonyl (C=O) groups is 1. The Hall–Kier alpha value is -1.04. The number of amides is 1. The van der Waals surface area contributed by atoms with Crippen LogP contribution in [-0.2, 0) is 22.6 Å². The lowest BCUT2D eigenvalue weighted by atomic mass is 10.1. The summed E-state index contributed by atoms with van der Waals surface area (Å²) in [5.41, 5.74) is 2.47. The van der Waals surface area contributed by atoms with E-state index in [4.69, 9.17) is 4.74 Å². The van der Waals surface area contributed by atoms with E-state index in [0.717, 1.165) is 38.0 Å². The third-order valence-corrected chi connectivity index (χ3v) is 6.26. The lowest BCUT2D eigenvalue weighted by Gasteiger charge is -2.35. The molecule has 1 aromatic rings. The van der Waals surface area contributed by atoms with Crippen LogP contribution in [0.2, 0.25) is 0 Å². The number of thioether (sulfide) groups is 1. The first-order chi connectivity index (χ1) is 11.5. The van der Waals surface area contributed by atoms with E-state index < -0.39 is 0 Å². The van der Waals surface area contributed by atoms with E-state index in [2.05, 4.69) is 48.3 Å². The third-order valence-electron chi connectivity index (χ3n) is 4.89. The van der Waals surface area contributed by atoms with Crippen molar-refractivity contribution in [1.82, 2.24) is 10.2 Å². The summed E-state index contributed by atoms with van der Waals surface area (Å²) in [4.78, 5) is 14.6. The highest BCUT2D eigenvalue weighted by atomic mass is 32.2. The fourth-order valence-corrected chi connectivity index (χ4v) is 4.18. The summed E-state index contributed by atoms with van der Waals surface area (Å²) in [5, 5.41) is 3.08. The molecule has 1 aliphatic heterocycles. The lowest BCUT2D eigenvalue weighted by molar-refractivity contribution is -0.121. The third kappa shape index (κ3) is 4.32. The van der Waals surface area contributed by atoms with E-state index in [1.54, 1.807) is 11.8 Å². The van der Waals surface area contributed by atoms with Crippen LogP contribution in [0.3, 0.4) is 0 Å². The van der Waals surface area contributed by atoms with Gasteiger partial charge in [-0.05, 0) is 44.1 Å². The fourth-order valence-electron chi connectivity index (χ4n) is 3.42. The first-order valence-electron chi connectivity index (χ1n) is 8.80. The van der Waals surface area contributed by atoms with Crippen LogP contribution in [0.5, 0.6) is 0 Å². The maximum absolute atomic E-state index is 12.2. The van der Waals surface area contributed by atoms with Gasteiger partial charge in [-0.1, -0.05) is 24.3 Å². The fraction of sp³-hybridized carbons (Fsp3) is 0.632. The number of rotatable bonds is 6. The number of benzene rings is 1. The molecule has 4 nitrogen and oxygen atoms in total. The van der Waals surface area contributed by atoms with E-state index in [1.165, 1.54) is 5.56 Å². The Balaban J connectivity index is 1.49. The predicted octanol–water partition coefficient (Wildman–Crippen LogP) is 2.81. The van der Waals surface area contributed by atoms with Crippen molar-refractivity contribution in [3.8, 4) is 0 Å². The maximum atomic E-state index is 12.2. The molecule has 1 saturated carbocycles. The van der Waals surface area contributed by atoms with Gasteiger partial charge in [-0.3, -0.25) is 9.69 Å². The van der Waals surface area contributed by atoms with E-state index in [-0.39, 0.29) is 10.7 Å². The SMILES string of the molecule is CSC1(C(=O)NCc2ccc(CN3C[C@@H](C)O[C@H](C)C3)cc2)CC1. The molecule has 3 rings (SSSR count). The van der Waals surface area contributed by atoms with Crippen molar-refractivity contribution in [3.05, 3.63) is 35.4 Å². The Morgan fingerprint density at radius 1 is 1.21 bits per heavy atom. The average Bonchev–Trinajstić information content (AvgIpc) is 3.34. The minimum atomic E-state index is -0.135. The van der Waals surface area contributed by atoms with Crippen molar-refractivity contribution in [1.29, 1.82) is 0 Å². The molecule has 1 aromatic carbocycles. The molecule has 1 heterocycles. The molecule has 132 valence electrons. The normalized spacial score (nSPS) is 26.1. The first-order valence-corrected chi connectivity index (χ1v) is 10.0. The second-order valence-electron chi connectivity index (χ2n) is 7.15. The Bertz CT molecular complexity index is 561. The average molecular weight is 349 g/mol. The molecule has 0 unspecified atom stereocenters. The van der Waals surface area contributed by atoms with Gasteiger partial charge in [-0.2, -0.15) is 0 Å². The van der Waals surface area contributed by atoms with Gasteiger partial charge in [0.25, 0.3) is 0 Å². The van der Waals surface area contributed by atoms with Gasteiger partial charge in [0.2, 0.25) is 5.91 Å². The molecule has 1 amide bonds. The van der Waals surface area contributed by atoms with Gasteiger partial charge in [0.05, 0.1) is 17.0 Å². The van der Waals surface area contributed by atoms with Crippen molar-refractivity contribution in [2.45, 2.75) is 56.7 Å². The Labute approximate surface area is 149 Å². The molecule has 1 aliphatic carbocycles. The smallest absolute Gasteiger partial charge is 0.236 e. The van der Waals surface area contributed by atoms with Gasteiger partial charge in [0, 0.05) is 26.2 Å². The quantitative estimate of drug-likeness (QED) is 0.858. The van der Waals surface area contributed by atoms with Crippen molar-refractivity contribution < 1.29 is 9.53 Å². The molecule has 24 heavy (non-hydrogen) atoms. The minimum Gasteiger partial charge on any atom is -0.373 e. The second kappa shape index (κ2) is 7.46. The van der Waals surface area contributed by atoms with Crippen molar-refractivity contribution in [2.75, 3.05) is 19.3 Å². The number of ether oxygens (including phenoxy) is 1. The van der Waals surface area contributed by atoms with Crippen LogP contribution in [-0.4, -0.2) is 47.1 Å². The summed E-state index contributed by atoms with van der Waals surface area (Å²) >= 11 is 1.68. The number of morpholine rings is 1. The number of nitrogens with zero attached hydrogens (tertiary/aromatic N) is 1. The monoisotopic (exact) mass is 348 g/mol. The Morgan fingerprint density at radius 3 is 2.33 bits per heavy atom. The summed E-state index contributed by atoms with van der Waals surface area (Å²) in [6, 6.07) is 8.60. The molecule has 2 atom stereocenters. The van der Waals surface area contributed by atoms with Crippen LogP contribution >= 0.6 is 11.8 Å². The summed E-state index contributed by atoms with van der Waals surface area (Å²) in [6.45, 7) is 7.82. The molecule has 1 saturated heterocycles. The molecule has 0 bridgehead atoms. The van der Waals surface area contributed by atoms with E-state index >= 15 is 0 Å². The molecular weight excluding hydrogens is 320 g/mol.